The number of ether oxygens (including phenoxy) is 4. The van der Waals surface area contributed by atoms with Crippen LogP contribution in [0.5, 0.6) is 0 Å². The van der Waals surface area contributed by atoms with Crippen LogP contribution in [-0.2, 0) is 67.3 Å². The molecule has 0 radical (unpaired) electrons. The molecule has 26 nitrogen and oxygen atoms in total. The molecule has 396 valence electrons. The van der Waals surface area contributed by atoms with Gasteiger partial charge in [-0.15, -0.1) is 0 Å². The number of carboxylic acid groups (broad SMARTS) is 3. The SMILES string of the molecule is CCCNc1ccc(C(=O)NCCCCC(NC(=O)COCCOCCNC(=O)CCC(NC(=O)CCC(NC(=O)COCCOCCNC(=O)CCCS(=O)(=O)NC)C(=O)O)C(=O)O)C(=O)O)cc1. The first-order valence-electron chi connectivity index (χ1n) is 22.8. The van der Waals surface area contributed by atoms with Crippen LogP contribution in [0.3, 0.4) is 0 Å². The van der Waals surface area contributed by atoms with E-state index >= 15 is 0 Å². The van der Waals surface area contributed by atoms with Crippen molar-refractivity contribution >= 4 is 69.1 Å². The van der Waals surface area contributed by atoms with Crippen LogP contribution in [0, 0.1) is 0 Å². The van der Waals surface area contributed by atoms with E-state index in [-0.39, 0.29) is 109 Å². The number of nitrogens with one attached hydrogen (secondary N) is 8. The topological polar surface area (TPSA) is 382 Å². The second-order valence-corrected chi connectivity index (χ2v) is 17.4. The molecular weight excluding hydrogens is 949 g/mol. The molecule has 0 spiro atoms. The van der Waals surface area contributed by atoms with Gasteiger partial charge in [-0.3, -0.25) is 28.8 Å². The van der Waals surface area contributed by atoms with Crippen molar-refractivity contribution in [1.82, 2.24) is 36.6 Å². The number of amides is 6. The molecule has 1 aromatic rings. The van der Waals surface area contributed by atoms with Gasteiger partial charge in [0, 0.05) is 56.7 Å². The highest BCUT2D eigenvalue weighted by Gasteiger charge is 2.25. The third kappa shape index (κ3) is 31.2. The van der Waals surface area contributed by atoms with Gasteiger partial charge in [-0.1, -0.05) is 6.92 Å². The Morgan fingerprint density at radius 2 is 1.00 bits per heavy atom. The maximum Gasteiger partial charge on any atom is 0.326 e. The average Bonchev–Trinajstić information content (AvgIpc) is 3.31. The van der Waals surface area contributed by atoms with Gasteiger partial charge in [-0.05, 0) is 76.3 Å². The van der Waals surface area contributed by atoms with Crippen molar-refractivity contribution in [3.8, 4) is 0 Å². The summed E-state index contributed by atoms with van der Waals surface area (Å²) in [5.74, 6) is -7.70. The van der Waals surface area contributed by atoms with Crippen LogP contribution >= 0.6 is 0 Å². The van der Waals surface area contributed by atoms with Crippen LogP contribution < -0.4 is 41.9 Å². The van der Waals surface area contributed by atoms with Crippen molar-refractivity contribution in [2.75, 3.05) is 97.2 Å². The van der Waals surface area contributed by atoms with Crippen molar-refractivity contribution in [2.24, 2.45) is 0 Å². The maximum atomic E-state index is 12.5. The quantitative estimate of drug-likeness (QED) is 0.0325. The highest BCUT2D eigenvalue weighted by molar-refractivity contribution is 7.89. The normalized spacial score (nSPS) is 12.4. The lowest BCUT2D eigenvalue weighted by Gasteiger charge is -2.17. The summed E-state index contributed by atoms with van der Waals surface area (Å²) in [6.45, 7) is 2.59. The summed E-state index contributed by atoms with van der Waals surface area (Å²) in [5.41, 5.74) is 1.42. The summed E-state index contributed by atoms with van der Waals surface area (Å²) in [4.78, 5) is 108. The van der Waals surface area contributed by atoms with Crippen molar-refractivity contribution in [3.05, 3.63) is 29.8 Å². The van der Waals surface area contributed by atoms with Crippen LogP contribution in [-0.4, -0.2) is 187 Å². The molecule has 0 aliphatic heterocycles. The molecule has 0 aliphatic carbocycles. The van der Waals surface area contributed by atoms with E-state index in [2.05, 4.69) is 48.9 Å². The maximum absolute atomic E-state index is 12.5. The summed E-state index contributed by atoms with van der Waals surface area (Å²) in [5, 5.41) is 46.5. The largest absolute Gasteiger partial charge is 0.480 e. The predicted octanol–water partition coefficient (Wildman–Crippen LogP) is -1.69. The molecule has 0 bridgehead atoms. The number of rotatable bonds is 42. The summed E-state index contributed by atoms with van der Waals surface area (Å²) >= 11 is 0. The first-order chi connectivity index (χ1) is 33.4. The van der Waals surface area contributed by atoms with Crippen molar-refractivity contribution in [1.29, 1.82) is 0 Å². The summed E-state index contributed by atoms with van der Waals surface area (Å²) in [6, 6.07) is 2.94. The Morgan fingerprint density at radius 1 is 0.529 bits per heavy atom. The minimum Gasteiger partial charge on any atom is -0.480 e. The van der Waals surface area contributed by atoms with Gasteiger partial charge in [0.2, 0.25) is 39.6 Å². The molecule has 0 aromatic heterocycles. The number of sulfonamides is 1. The minimum absolute atomic E-state index is 0.0177. The summed E-state index contributed by atoms with van der Waals surface area (Å²) < 4.78 is 45.9. The van der Waals surface area contributed by atoms with Crippen LogP contribution in [0.4, 0.5) is 5.69 Å². The van der Waals surface area contributed by atoms with Crippen LogP contribution in [0.25, 0.3) is 0 Å². The van der Waals surface area contributed by atoms with Gasteiger partial charge in [0.05, 0.1) is 45.4 Å². The second kappa shape index (κ2) is 36.9. The molecule has 3 atom stereocenters. The van der Waals surface area contributed by atoms with Crippen molar-refractivity contribution < 1.29 is 85.8 Å². The Balaban J connectivity index is 2.20. The number of anilines is 1. The molecule has 11 N–H and O–H groups in total. The average molecular weight is 1020 g/mol. The lowest BCUT2D eigenvalue weighted by molar-refractivity contribution is -0.144. The zero-order chi connectivity index (χ0) is 52.2. The molecule has 27 heteroatoms. The van der Waals surface area contributed by atoms with E-state index in [4.69, 9.17) is 18.9 Å². The second-order valence-electron chi connectivity index (χ2n) is 15.4. The van der Waals surface area contributed by atoms with Crippen LogP contribution in [0.1, 0.15) is 81.5 Å². The molecule has 0 saturated carbocycles. The number of carbonyl (C=O) groups excluding carboxylic acids is 6. The Hall–Kier alpha value is -6.00. The lowest BCUT2D eigenvalue weighted by atomic mass is 10.1. The van der Waals surface area contributed by atoms with Crippen molar-refractivity contribution in [3.63, 3.8) is 0 Å². The van der Waals surface area contributed by atoms with Crippen LogP contribution in [0.15, 0.2) is 24.3 Å². The molecule has 1 rings (SSSR count). The highest BCUT2D eigenvalue weighted by atomic mass is 32.2. The number of benzene rings is 1. The molecular formula is C43H70N8O18S. The van der Waals surface area contributed by atoms with Crippen LogP contribution in [0.2, 0.25) is 0 Å². The standard InChI is InChI=1S/C43H70N8O18S/c1-3-17-45-31-11-9-30(10-12-31)40(57)48-18-5-4-7-32(41(58)59)50-38(55)28-68-25-24-67-22-20-47-36(53)15-13-33(42(60)61)49-37(54)16-14-34(43(62)63)51-39(56)29-69-26-23-66-21-19-46-35(52)8-6-27-70(64,65)44-2/h9-12,32-34,44-45H,3-8,13-29H2,1-2H3,(H,46,52)(H,47,53)(H,48,57)(H,49,54)(H,50,55)(H,51,56)(H,58,59)(H,60,61)(H,62,63). The van der Waals surface area contributed by atoms with E-state index in [1.165, 1.54) is 7.05 Å². The van der Waals surface area contributed by atoms with E-state index in [0.29, 0.717) is 24.9 Å². The van der Waals surface area contributed by atoms with E-state index in [1.807, 2.05) is 12.1 Å². The zero-order valence-electron chi connectivity index (χ0n) is 39.7. The number of carboxylic acids is 3. The predicted molar refractivity (Wildman–Crippen MR) is 250 cm³/mol. The van der Waals surface area contributed by atoms with E-state index in [1.54, 1.807) is 12.1 Å². The molecule has 0 saturated heterocycles. The molecule has 6 amide bonds. The molecule has 0 fully saturated rings. The Labute approximate surface area is 406 Å². The molecule has 0 aliphatic rings. The lowest BCUT2D eigenvalue weighted by Crippen LogP contribution is -2.45. The fourth-order valence-electron chi connectivity index (χ4n) is 5.84. The van der Waals surface area contributed by atoms with Gasteiger partial charge in [-0.2, -0.15) is 0 Å². The highest BCUT2D eigenvalue weighted by Crippen LogP contribution is 2.10. The van der Waals surface area contributed by atoms with Gasteiger partial charge < -0.3 is 71.5 Å². The summed E-state index contributed by atoms with van der Waals surface area (Å²) in [7, 11) is -2.11. The number of hydrogen-bond acceptors (Lipinski definition) is 16. The molecule has 70 heavy (non-hydrogen) atoms. The first-order valence-corrected chi connectivity index (χ1v) is 24.5. The number of carbonyl (C=O) groups is 9. The number of hydrogen-bond donors (Lipinski definition) is 11. The zero-order valence-corrected chi connectivity index (χ0v) is 40.5. The Bertz CT molecular complexity index is 1910. The third-order valence-corrected chi connectivity index (χ3v) is 11.1. The smallest absolute Gasteiger partial charge is 0.326 e. The fraction of sp³-hybridized carbons (Fsp3) is 0.651. The van der Waals surface area contributed by atoms with Gasteiger partial charge in [0.15, 0.2) is 0 Å². The van der Waals surface area contributed by atoms with Gasteiger partial charge in [0.1, 0.15) is 31.3 Å². The molecule has 1 aromatic carbocycles. The number of aliphatic carboxylic acids is 3. The fourth-order valence-corrected chi connectivity index (χ4v) is 6.57. The monoisotopic (exact) mass is 1020 g/mol. The molecule has 0 heterocycles. The Kier molecular flexibility index (Phi) is 32.7. The third-order valence-electron chi connectivity index (χ3n) is 9.63. The van der Waals surface area contributed by atoms with E-state index in [9.17, 15) is 66.9 Å². The summed E-state index contributed by atoms with van der Waals surface area (Å²) in [6.07, 6.45) is 0.750. The number of unbranched alkanes of at least 4 members (excludes halogenated alkanes) is 1. The minimum atomic E-state index is -3.39. The van der Waals surface area contributed by atoms with Gasteiger partial charge in [-0.25, -0.2) is 27.5 Å². The van der Waals surface area contributed by atoms with Crippen molar-refractivity contribution in [2.45, 2.75) is 89.3 Å². The van der Waals surface area contributed by atoms with Gasteiger partial charge in [0.25, 0.3) is 5.91 Å². The first kappa shape index (κ1) is 62.0. The van der Waals surface area contributed by atoms with E-state index in [0.717, 1.165) is 18.7 Å². The van der Waals surface area contributed by atoms with Gasteiger partial charge >= 0.3 is 17.9 Å². The van der Waals surface area contributed by atoms with E-state index < -0.39 is 89.3 Å². The molecule has 3 unspecified atom stereocenters. The Morgan fingerprint density at radius 3 is 1.50 bits per heavy atom.